The van der Waals surface area contributed by atoms with E-state index in [9.17, 15) is 5.26 Å². The topological polar surface area (TPSA) is 91.8 Å². The van der Waals surface area contributed by atoms with E-state index in [2.05, 4.69) is 27.4 Å². The van der Waals surface area contributed by atoms with E-state index in [0.717, 1.165) is 53.9 Å². The number of pyridine rings is 2. The second kappa shape index (κ2) is 6.66. The summed E-state index contributed by atoms with van der Waals surface area (Å²) in [6.45, 7) is 3.99. The molecule has 138 valence electrons. The molecule has 5 rings (SSSR count). The number of nitrogens with zero attached hydrogens (tertiary/aromatic N) is 6. The van der Waals surface area contributed by atoms with Gasteiger partial charge in [0, 0.05) is 29.6 Å². The Balaban J connectivity index is 1.56. The van der Waals surface area contributed by atoms with Gasteiger partial charge in [-0.2, -0.15) is 5.26 Å². The third-order valence-electron chi connectivity index (χ3n) is 5.27. The van der Waals surface area contributed by atoms with E-state index in [-0.39, 0.29) is 0 Å². The summed E-state index contributed by atoms with van der Waals surface area (Å²) in [7, 11) is 0. The number of aryl methyl sites for hydroxylation is 1. The molecule has 0 spiro atoms. The second-order valence-corrected chi connectivity index (χ2v) is 7.23. The number of nitrogens with one attached hydrogen (secondary N) is 1. The van der Waals surface area contributed by atoms with Gasteiger partial charge in [-0.15, -0.1) is 0 Å². The summed E-state index contributed by atoms with van der Waals surface area (Å²) >= 11 is 0. The Kier molecular flexibility index (Phi) is 3.99. The number of fused-ring (bicyclic) bond motifs is 2. The molecular weight excluding hydrogens is 350 g/mol. The zero-order chi connectivity index (χ0) is 19.1. The van der Waals surface area contributed by atoms with E-state index < -0.39 is 0 Å². The second-order valence-electron chi connectivity index (χ2n) is 7.23. The minimum absolute atomic E-state index is 0.496. The van der Waals surface area contributed by atoms with Crippen molar-refractivity contribution in [3.8, 4) is 17.5 Å². The Bertz CT molecular complexity index is 1230. The largest absolute Gasteiger partial charge is 0.317 e. The highest BCUT2D eigenvalue weighted by Gasteiger charge is 2.17. The summed E-state index contributed by atoms with van der Waals surface area (Å²) in [6.07, 6.45) is 7.80. The molecule has 0 radical (unpaired) electrons. The minimum Gasteiger partial charge on any atom is -0.317 e. The molecule has 1 saturated heterocycles. The maximum Gasteiger partial charge on any atom is 0.161 e. The van der Waals surface area contributed by atoms with Crippen molar-refractivity contribution in [2.75, 3.05) is 13.1 Å². The number of rotatable bonds is 2. The van der Waals surface area contributed by atoms with E-state index >= 15 is 0 Å². The van der Waals surface area contributed by atoms with Crippen LogP contribution in [0.4, 0.5) is 0 Å². The molecule has 0 saturated carbocycles. The van der Waals surface area contributed by atoms with Gasteiger partial charge in [-0.3, -0.25) is 0 Å². The molecule has 1 aliphatic rings. The Morgan fingerprint density at radius 2 is 1.96 bits per heavy atom. The molecule has 4 aromatic rings. The van der Waals surface area contributed by atoms with Crippen LogP contribution in [0.3, 0.4) is 0 Å². The van der Waals surface area contributed by atoms with Crippen LogP contribution in [-0.4, -0.2) is 37.4 Å². The van der Waals surface area contributed by atoms with Gasteiger partial charge in [0.1, 0.15) is 11.6 Å². The van der Waals surface area contributed by atoms with Gasteiger partial charge in [-0.1, -0.05) is 0 Å². The van der Waals surface area contributed by atoms with Crippen molar-refractivity contribution in [1.82, 2.24) is 29.7 Å². The minimum atomic E-state index is 0.496. The van der Waals surface area contributed by atoms with Gasteiger partial charge in [0.2, 0.25) is 0 Å². The van der Waals surface area contributed by atoms with Crippen molar-refractivity contribution in [3.05, 3.63) is 53.7 Å². The van der Waals surface area contributed by atoms with Gasteiger partial charge in [0.15, 0.2) is 11.5 Å². The Morgan fingerprint density at radius 1 is 1.11 bits per heavy atom. The fraction of sp³-hybridized carbons (Fsp3) is 0.286. The highest BCUT2D eigenvalue weighted by molar-refractivity contribution is 5.76. The van der Waals surface area contributed by atoms with E-state index in [1.807, 2.05) is 29.8 Å². The SMILES string of the molecule is Cc1cn2cc(-c3ncc4nc(C5CCNCC5)ccc4n3)cc(C#N)c2n1. The van der Waals surface area contributed by atoms with Crippen molar-refractivity contribution in [2.45, 2.75) is 25.7 Å². The fourth-order valence-corrected chi connectivity index (χ4v) is 3.85. The van der Waals surface area contributed by atoms with Crippen molar-refractivity contribution in [3.63, 3.8) is 0 Å². The summed E-state index contributed by atoms with van der Waals surface area (Å²) in [5, 5.41) is 12.9. The Morgan fingerprint density at radius 3 is 2.79 bits per heavy atom. The summed E-state index contributed by atoms with van der Waals surface area (Å²) in [5.41, 5.74) is 5.54. The van der Waals surface area contributed by atoms with E-state index in [1.54, 1.807) is 12.3 Å². The first kappa shape index (κ1) is 16.8. The Hall–Kier alpha value is -3.37. The fourth-order valence-electron chi connectivity index (χ4n) is 3.85. The zero-order valence-electron chi connectivity index (χ0n) is 15.6. The first-order chi connectivity index (χ1) is 13.7. The molecule has 0 unspecified atom stereocenters. The average Bonchev–Trinajstić information content (AvgIpc) is 3.13. The Labute approximate surface area is 162 Å². The van der Waals surface area contributed by atoms with Crippen molar-refractivity contribution < 1.29 is 0 Å². The van der Waals surface area contributed by atoms with Crippen LogP contribution >= 0.6 is 0 Å². The van der Waals surface area contributed by atoms with E-state index in [4.69, 9.17) is 9.97 Å². The summed E-state index contributed by atoms with van der Waals surface area (Å²) < 4.78 is 1.86. The quantitative estimate of drug-likeness (QED) is 0.584. The van der Waals surface area contributed by atoms with Crippen LogP contribution in [0.5, 0.6) is 0 Å². The standard InChI is InChI=1S/C21H19N7/c1-13-11-28-12-16(8-15(9-22)21(28)25-13)20-24-10-19-18(27-20)3-2-17(26-19)14-4-6-23-7-5-14/h2-3,8,10-12,14,23H,4-7H2,1H3. The van der Waals surface area contributed by atoms with Gasteiger partial charge in [-0.25, -0.2) is 19.9 Å². The van der Waals surface area contributed by atoms with Gasteiger partial charge >= 0.3 is 0 Å². The lowest BCUT2D eigenvalue weighted by atomic mass is 9.94. The lowest BCUT2D eigenvalue weighted by molar-refractivity contribution is 0.454. The molecule has 5 heterocycles. The highest BCUT2D eigenvalue weighted by Crippen LogP contribution is 2.26. The highest BCUT2D eigenvalue weighted by atomic mass is 15.0. The van der Waals surface area contributed by atoms with Crippen LogP contribution in [0.25, 0.3) is 28.1 Å². The summed E-state index contributed by atoms with van der Waals surface area (Å²) in [4.78, 5) is 18.4. The predicted molar refractivity (Wildman–Crippen MR) is 106 cm³/mol. The molecule has 0 aromatic carbocycles. The number of imidazole rings is 1. The van der Waals surface area contributed by atoms with E-state index in [0.29, 0.717) is 23.0 Å². The average molecular weight is 369 g/mol. The molecule has 1 N–H and O–H groups in total. The molecule has 0 amide bonds. The van der Waals surface area contributed by atoms with Gasteiger partial charge < -0.3 is 9.72 Å². The van der Waals surface area contributed by atoms with Crippen LogP contribution in [0, 0.1) is 18.3 Å². The van der Waals surface area contributed by atoms with E-state index in [1.165, 1.54) is 0 Å². The number of aromatic nitrogens is 5. The molecule has 0 bridgehead atoms. The molecule has 1 fully saturated rings. The third kappa shape index (κ3) is 2.88. The number of piperidine rings is 1. The lowest BCUT2D eigenvalue weighted by Crippen LogP contribution is -2.27. The normalized spacial score (nSPS) is 15.1. The third-order valence-corrected chi connectivity index (χ3v) is 5.27. The van der Waals surface area contributed by atoms with Gasteiger partial charge in [-0.05, 0) is 51.1 Å². The monoisotopic (exact) mass is 369 g/mol. The van der Waals surface area contributed by atoms with Crippen LogP contribution in [-0.2, 0) is 0 Å². The van der Waals surface area contributed by atoms with Crippen LogP contribution in [0.1, 0.15) is 35.7 Å². The van der Waals surface area contributed by atoms with Gasteiger partial charge in [0.05, 0.1) is 23.0 Å². The van der Waals surface area contributed by atoms with Crippen LogP contribution < -0.4 is 5.32 Å². The van der Waals surface area contributed by atoms with Crippen LogP contribution in [0.2, 0.25) is 0 Å². The molecule has 7 heteroatoms. The summed E-state index contributed by atoms with van der Waals surface area (Å²) in [5.74, 6) is 1.07. The first-order valence-electron chi connectivity index (χ1n) is 9.45. The predicted octanol–water partition coefficient (Wildman–Crippen LogP) is 2.99. The molecule has 1 aliphatic heterocycles. The molecule has 7 nitrogen and oxygen atoms in total. The van der Waals surface area contributed by atoms with Crippen molar-refractivity contribution >= 4 is 16.7 Å². The molecule has 28 heavy (non-hydrogen) atoms. The zero-order valence-corrected chi connectivity index (χ0v) is 15.6. The van der Waals surface area contributed by atoms with Gasteiger partial charge in [0.25, 0.3) is 0 Å². The lowest BCUT2D eigenvalue weighted by Gasteiger charge is -2.22. The smallest absolute Gasteiger partial charge is 0.161 e. The first-order valence-corrected chi connectivity index (χ1v) is 9.45. The molecule has 0 aliphatic carbocycles. The van der Waals surface area contributed by atoms with Crippen molar-refractivity contribution in [1.29, 1.82) is 5.26 Å². The maximum atomic E-state index is 9.48. The maximum absolute atomic E-state index is 9.48. The molecule has 0 atom stereocenters. The molecule has 4 aromatic heterocycles. The number of hydrogen-bond acceptors (Lipinski definition) is 6. The number of hydrogen-bond donors (Lipinski definition) is 1. The molecular formula is C21H19N7. The number of nitriles is 1. The van der Waals surface area contributed by atoms with Crippen molar-refractivity contribution in [2.24, 2.45) is 0 Å². The van der Waals surface area contributed by atoms with Crippen LogP contribution in [0.15, 0.2) is 36.8 Å². The summed E-state index contributed by atoms with van der Waals surface area (Å²) in [6, 6.07) is 8.11.